The van der Waals surface area contributed by atoms with Crippen LogP contribution in [-0.4, -0.2) is 21.2 Å². The Labute approximate surface area is 191 Å². The fraction of sp³-hybridized carbons (Fsp3) is 0.458. The lowest BCUT2D eigenvalue weighted by atomic mass is 9.89. The third-order valence-electron chi connectivity index (χ3n) is 6.03. The van der Waals surface area contributed by atoms with Gasteiger partial charge < -0.3 is 5.32 Å². The Hall–Kier alpha value is -2.12. The number of carbonyl (C=O) groups is 1. The minimum absolute atomic E-state index is 0.0367. The van der Waals surface area contributed by atoms with E-state index in [1.54, 1.807) is 15.9 Å². The molecule has 0 saturated heterocycles. The first-order chi connectivity index (χ1) is 14.9. The highest BCUT2D eigenvalue weighted by Crippen LogP contribution is 2.36. The Morgan fingerprint density at radius 2 is 2.16 bits per heavy atom. The van der Waals surface area contributed by atoms with E-state index in [-0.39, 0.29) is 17.2 Å². The molecule has 0 bridgehead atoms. The predicted molar refractivity (Wildman–Crippen MR) is 131 cm³/mol. The highest BCUT2D eigenvalue weighted by atomic mass is 32.2. The molecule has 3 aromatic rings. The van der Waals surface area contributed by atoms with Crippen LogP contribution in [0.25, 0.3) is 10.2 Å². The van der Waals surface area contributed by atoms with E-state index in [4.69, 9.17) is 4.98 Å². The number of aryl methyl sites for hydroxylation is 3. The second kappa shape index (κ2) is 9.17. The van der Waals surface area contributed by atoms with E-state index in [1.165, 1.54) is 22.2 Å². The number of para-hydroxylation sites is 1. The van der Waals surface area contributed by atoms with Crippen molar-refractivity contribution in [3.63, 3.8) is 0 Å². The maximum Gasteiger partial charge on any atom is 0.263 e. The molecule has 31 heavy (non-hydrogen) atoms. The van der Waals surface area contributed by atoms with Gasteiger partial charge in [-0.05, 0) is 62.1 Å². The minimum atomic E-state index is -0.0784. The fourth-order valence-corrected chi connectivity index (χ4v) is 6.59. The Balaban J connectivity index is 1.59. The molecule has 164 valence electrons. The van der Waals surface area contributed by atoms with Crippen molar-refractivity contribution in [2.24, 2.45) is 5.92 Å². The van der Waals surface area contributed by atoms with E-state index in [0.29, 0.717) is 17.6 Å². The number of carbonyl (C=O) groups excluding carboxylic acids is 1. The Kier molecular flexibility index (Phi) is 6.53. The molecule has 5 nitrogen and oxygen atoms in total. The zero-order valence-electron chi connectivity index (χ0n) is 18.6. The van der Waals surface area contributed by atoms with Gasteiger partial charge in [-0.1, -0.05) is 43.8 Å². The van der Waals surface area contributed by atoms with Gasteiger partial charge in [0, 0.05) is 17.1 Å². The van der Waals surface area contributed by atoms with Crippen molar-refractivity contribution < 1.29 is 4.79 Å². The zero-order chi connectivity index (χ0) is 22.1. The molecule has 1 N–H and O–H groups in total. The van der Waals surface area contributed by atoms with E-state index in [2.05, 4.69) is 19.2 Å². The molecule has 0 fully saturated rings. The number of amides is 1. The molecule has 7 heteroatoms. The van der Waals surface area contributed by atoms with Crippen LogP contribution >= 0.6 is 23.1 Å². The number of hydrogen-bond acceptors (Lipinski definition) is 5. The predicted octanol–water partition coefficient (Wildman–Crippen LogP) is 5.20. The molecule has 2 heterocycles. The number of nitrogens with one attached hydrogen (secondary N) is 1. The van der Waals surface area contributed by atoms with Crippen molar-refractivity contribution in [1.29, 1.82) is 0 Å². The number of anilines is 1. The van der Waals surface area contributed by atoms with Crippen LogP contribution in [0.1, 0.15) is 48.8 Å². The quantitative estimate of drug-likeness (QED) is 0.410. The second-order valence-corrected chi connectivity index (χ2v) is 10.3. The molecule has 2 aromatic heterocycles. The summed E-state index contributed by atoms with van der Waals surface area (Å²) in [6.45, 7) is 8.86. The van der Waals surface area contributed by atoms with Gasteiger partial charge in [0.1, 0.15) is 4.83 Å². The first-order valence-corrected chi connectivity index (χ1v) is 12.8. The number of hydrogen-bond donors (Lipinski definition) is 1. The summed E-state index contributed by atoms with van der Waals surface area (Å²) in [6, 6.07) is 6.06. The van der Waals surface area contributed by atoms with Crippen LogP contribution in [0, 0.1) is 12.8 Å². The molecule has 1 aliphatic rings. The van der Waals surface area contributed by atoms with E-state index in [9.17, 15) is 9.59 Å². The van der Waals surface area contributed by atoms with Gasteiger partial charge in [0.05, 0.1) is 11.1 Å². The highest BCUT2D eigenvalue weighted by molar-refractivity contribution is 7.99. The largest absolute Gasteiger partial charge is 0.325 e. The summed E-state index contributed by atoms with van der Waals surface area (Å²) in [5, 5.41) is 4.49. The number of benzene rings is 1. The third kappa shape index (κ3) is 4.30. The number of rotatable bonds is 6. The SMILES string of the molecule is CCc1cccc(C)c1NC(=O)CSc1nc2sc3c(c2c(=O)n1CC)CCC(C)C3. The van der Waals surface area contributed by atoms with E-state index >= 15 is 0 Å². The Morgan fingerprint density at radius 3 is 2.90 bits per heavy atom. The van der Waals surface area contributed by atoms with Gasteiger partial charge in [0.25, 0.3) is 5.56 Å². The van der Waals surface area contributed by atoms with Gasteiger partial charge in [-0.2, -0.15) is 0 Å². The molecule has 0 radical (unpaired) electrons. The van der Waals surface area contributed by atoms with E-state index < -0.39 is 0 Å². The van der Waals surface area contributed by atoms with Gasteiger partial charge in [-0.3, -0.25) is 14.2 Å². The number of thiophene rings is 1. The first-order valence-electron chi connectivity index (χ1n) is 11.0. The van der Waals surface area contributed by atoms with Gasteiger partial charge in [0.2, 0.25) is 5.91 Å². The van der Waals surface area contributed by atoms with Crippen LogP contribution < -0.4 is 10.9 Å². The lowest BCUT2D eigenvalue weighted by molar-refractivity contribution is -0.113. The summed E-state index contributed by atoms with van der Waals surface area (Å²) in [4.78, 5) is 32.9. The molecule has 0 aliphatic heterocycles. The van der Waals surface area contributed by atoms with Crippen molar-refractivity contribution in [2.75, 3.05) is 11.1 Å². The summed E-state index contributed by atoms with van der Waals surface area (Å²) in [7, 11) is 0. The fourth-order valence-electron chi connectivity index (χ4n) is 4.30. The first kappa shape index (κ1) is 22.1. The molecule has 1 aromatic carbocycles. The normalized spacial score (nSPS) is 15.8. The van der Waals surface area contributed by atoms with Gasteiger partial charge >= 0.3 is 0 Å². The van der Waals surface area contributed by atoms with Crippen molar-refractivity contribution in [3.8, 4) is 0 Å². The standard InChI is InChI=1S/C24H29N3O2S2/c1-5-16-9-7-8-15(4)21(16)25-19(28)13-30-24-26-22-20(23(29)27(24)6-2)17-11-10-14(3)12-18(17)31-22/h7-9,14H,5-6,10-13H2,1-4H3,(H,25,28). The summed E-state index contributed by atoms with van der Waals surface area (Å²) < 4.78 is 1.72. The lowest BCUT2D eigenvalue weighted by Gasteiger charge is -2.17. The number of nitrogens with zero attached hydrogens (tertiary/aromatic N) is 2. The van der Waals surface area contributed by atoms with Crippen molar-refractivity contribution in [3.05, 3.63) is 50.1 Å². The van der Waals surface area contributed by atoms with Crippen molar-refractivity contribution >= 4 is 44.9 Å². The molecule has 0 spiro atoms. The molecular weight excluding hydrogens is 426 g/mol. The summed E-state index contributed by atoms with van der Waals surface area (Å²) in [5.41, 5.74) is 4.32. The second-order valence-electron chi connectivity index (χ2n) is 8.28. The van der Waals surface area contributed by atoms with Crippen LogP contribution in [0.2, 0.25) is 0 Å². The molecular formula is C24H29N3O2S2. The smallest absolute Gasteiger partial charge is 0.263 e. The average Bonchev–Trinajstić information content (AvgIpc) is 3.11. The molecule has 1 amide bonds. The summed E-state index contributed by atoms with van der Waals surface area (Å²) in [6.07, 6.45) is 3.98. The Morgan fingerprint density at radius 1 is 1.35 bits per heavy atom. The molecule has 1 unspecified atom stereocenters. The molecule has 0 saturated carbocycles. The topological polar surface area (TPSA) is 64.0 Å². The number of thioether (sulfide) groups is 1. The molecule has 4 rings (SSSR count). The van der Waals surface area contributed by atoms with Crippen molar-refractivity contribution in [1.82, 2.24) is 9.55 Å². The van der Waals surface area contributed by atoms with E-state index in [0.717, 1.165) is 52.7 Å². The average molecular weight is 456 g/mol. The number of fused-ring (bicyclic) bond motifs is 3. The summed E-state index contributed by atoms with van der Waals surface area (Å²) >= 11 is 3.00. The number of aromatic nitrogens is 2. The lowest BCUT2D eigenvalue weighted by Crippen LogP contribution is -2.24. The van der Waals surface area contributed by atoms with Crippen LogP contribution in [0.5, 0.6) is 0 Å². The molecule has 1 atom stereocenters. The van der Waals surface area contributed by atoms with E-state index in [1.807, 2.05) is 32.0 Å². The maximum absolute atomic E-state index is 13.3. The van der Waals surface area contributed by atoms with Gasteiger partial charge in [0.15, 0.2) is 5.16 Å². The third-order valence-corrected chi connectivity index (χ3v) is 8.16. The minimum Gasteiger partial charge on any atom is -0.325 e. The van der Waals surface area contributed by atoms with Crippen molar-refractivity contribution in [2.45, 2.75) is 65.1 Å². The summed E-state index contributed by atoms with van der Waals surface area (Å²) in [5.74, 6) is 0.795. The zero-order valence-corrected chi connectivity index (χ0v) is 20.2. The van der Waals surface area contributed by atoms with Crippen LogP contribution in [0.15, 0.2) is 28.2 Å². The molecule has 1 aliphatic carbocycles. The van der Waals surface area contributed by atoms with Crippen LogP contribution in [0.3, 0.4) is 0 Å². The van der Waals surface area contributed by atoms with Crippen LogP contribution in [0.4, 0.5) is 5.69 Å². The highest BCUT2D eigenvalue weighted by Gasteiger charge is 2.24. The maximum atomic E-state index is 13.3. The van der Waals surface area contributed by atoms with Crippen LogP contribution in [-0.2, 0) is 30.6 Å². The van der Waals surface area contributed by atoms with Gasteiger partial charge in [-0.15, -0.1) is 11.3 Å². The van der Waals surface area contributed by atoms with Gasteiger partial charge in [-0.25, -0.2) is 4.98 Å². The monoisotopic (exact) mass is 455 g/mol. The Bertz CT molecular complexity index is 1200.